The first-order chi connectivity index (χ1) is 17.6. The molecule has 0 radical (unpaired) electrons. The van der Waals surface area contributed by atoms with E-state index in [2.05, 4.69) is 38.3 Å². The van der Waals surface area contributed by atoms with Crippen LogP contribution in [0.3, 0.4) is 0 Å². The molecule has 2 heterocycles. The van der Waals surface area contributed by atoms with Gasteiger partial charge < -0.3 is 10.2 Å². The van der Waals surface area contributed by atoms with Crippen molar-refractivity contribution in [3.63, 3.8) is 0 Å². The zero-order valence-electron chi connectivity index (χ0n) is 20.7. The number of carbonyl (C=O) groups excluding carboxylic acids is 1. The van der Waals surface area contributed by atoms with Gasteiger partial charge in [0.25, 0.3) is 5.91 Å². The summed E-state index contributed by atoms with van der Waals surface area (Å²) in [6, 6.07) is 12.1. The molecule has 6 heteroatoms. The van der Waals surface area contributed by atoms with Crippen LogP contribution in [0.25, 0.3) is 0 Å². The van der Waals surface area contributed by atoms with Crippen LogP contribution >= 0.6 is 0 Å². The molecule has 1 aromatic heterocycles. The van der Waals surface area contributed by atoms with Gasteiger partial charge in [-0.1, -0.05) is 31.1 Å². The highest BCUT2D eigenvalue weighted by Crippen LogP contribution is 2.45. The van der Waals surface area contributed by atoms with Crippen molar-refractivity contribution in [2.24, 2.45) is 5.41 Å². The van der Waals surface area contributed by atoms with Crippen LogP contribution in [-0.4, -0.2) is 35.7 Å². The molecule has 1 amide bonds. The number of aryl methyl sites for hydroxylation is 1. The number of anilines is 1. The molecular weight excluding hydrogens is 451 g/mol. The number of hydrogen-bond donors (Lipinski definition) is 2. The van der Waals surface area contributed by atoms with Gasteiger partial charge in [-0.2, -0.15) is 5.10 Å². The van der Waals surface area contributed by atoms with E-state index >= 15 is 0 Å². The minimum Gasteiger partial charge on any atom is -0.370 e. The summed E-state index contributed by atoms with van der Waals surface area (Å²) < 4.78 is 13.3. The van der Waals surface area contributed by atoms with Crippen LogP contribution in [0, 0.1) is 23.1 Å². The van der Waals surface area contributed by atoms with Crippen LogP contribution < -0.4 is 10.2 Å². The molecule has 2 N–H and O–H groups in total. The number of halogens is 1. The number of nitrogens with zero attached hydrogens (tertiary/aromatic N) is 2. The minimum absolute atomic E-state index is 0.0938. The Kier molecular flexibility index (Phi) is 7.36. The number of carbonyl (C=O) groups is 1. The molecule has 1 spiro atoms. The highest BCUT2D eigenvalue weighted by molar-refractivity contribution is 5.95. The molecule has 0 bridgehead atoms. The highest BCUT2D eigenvalue weighted by Gasteiger charge is 2.39. The maximum absolute atomic E-state index is 13.3. The van der Waals surface area contributed by atoms with E-state index in [1.165, 1.54) is 50.7 Å². The molecule has 5 nitrogen and oxygen atoms in total. The van der Waals surface area contributed by atoms with E-state index in [4.69, 9.17) is 0 Å². The Morgan fingerprint density at radius 1 is 1.08 bits per heavy atom. The zero-order chi connectivity index (χ0) is 24.8. The number of hydrogen-bond acceptors (Lipinski definition) is 3. The number of aromatic amines is 1. The first-order valence-electron chi connectivity index (χ1n) is 13.0. The predicted octanol–water partition coefficient (Wildman–Crippen LogP) is 5.47. The summed E-state index contributed by atoms with van der Waals surface area (Å²) >= 11 is 0. The van der Waals surface area contributed by atoms with Crippen molar-refractivity contribution in [2.75, 3.05) is 24.5 Å². The Balaban J connectivity index is 1.34. The maximum Gasteiger partial charge on any atom is 0.251 e. The zero-order valence-corrected chi connectivity index (χ0v) is 20.7. The van der Waals surface area contributed by atoms with Crippen molar-refractivity contribution in [3.8, 4) is 11.8 Å². The standard InChI is InChI=1S/C30H33FN4O/c31-27-11-7-23(8-12-27)6-9-25-19-26(29(36)32-17-4-5-24-20-33-34-21-24)10-13-28(25)35-18-16-30(22-35)14-2-1-3-15-30/h7-8,10-13,19-21H,1-5,14-18,22H2,(H,32,36)(H,33,34). The lowest BCUT2D eigenvalue weighted by Crippen LogP contribution is -2.29. The molecule has 1 saturated heterocycles. The van der Waals surface area contributed by atoms with E-state index in [0.717, 1.165) is 48.3 Å². The highest BCUT2D eigenvalue weighted by atomic mass is 19.1. The molecule has 3 aromatic rings. The molecule has 36 heavy (non-hydrogen) atoms. The van der Waals surface area contributed by atoms with E-state index in [1.54, 1.807) is 12.1 Å². The third kappa shape index (κ3) is 5.79. The molecule has 2 aromatic carbocycles. The predicted molar refractivity (Wildman–Crippen MR) is 140 cm³/mol. The summed E-state index contributed by atoms with van der Waals surface area (Å²) in [5, 5.41) is 9.80. The fraction of sp³-hybridized carbons (Fsp3) is 0.400. The number of aromatic nitrogens is 2. The number of nitrogens with one attached hydrogen (secondary N) is 2. The molecule has 0 unspecified atom stereocenters. The van der Waals surface area contributed by atoms with Crippen LogP contribution in [0.5, 0.6) is 0 Å². The van der Waals surface area contributed by atoms with E-state index < -0.39 is 0 Å². The lowest BCUT2D eigenvalue weighted by Gasteiger charge is -2.33. The lowest BCUT2D eigenvalue weighted by molar-refractivity contribution is 0.0953. The summed E-state index contributed by atoms with van der Waals surface area (Å²) in [6.45, 7) is 2.67. The Bertz CT molecular complexity index is 1230. The third-order valence-corrected chi connectivity index (χ3v) is 7.62. The molecule has 2 aliphatic rings. The van der Waals surface area contributed by atoms with E-state index in [-0.39, 0.29) is 11.7 Å². The first-order valence-corrected chi connectivity index (χ1v) is 13.0. The van der Waals surface area contributed by atoms with E-state index in [9.17, 15) is 9.18 Å². The molecule has 0 atom stereocenters. The Hall–Kier alpha value is -3.59. The van der Waals surface area contributed by atoms with Gasteiger partial charge in [-0.25, -0.2) is 4.39 Å². The van der Waals surface area contributed by atoms with Crippen molar-refractivity contribution in [3.05, 3.63) is 82.9 Å². The van der Waals surface area contributed by atoms with Crippen molar-refractivity contribution < 1.29 is 9.18 Å². The van der Waals surface area contributed by atoms with Crippen LogP contribution in [-0.2, 0) is 6.42 Å². The van der Waals surface area contributed by atoms with Gasteiger partial charge in [-0.05, 0) is 85.5 Å². The maximum atomic E-state index is 13.3. The van der Waals surface area contributed by atoms with Gasteiger partial charge >= 0.3 is 0 Å². The molecule has 5 rings (SSSR count). The van der Waals surface area contributed by atoms with Gasteiger partial charge in [0.1, 0.15) is 5.82 Å². The summed E-state index contributed by atoms with van der Waals surface area (Å²) in [6.07, 6.45) is 13.2. The Labute approximate surface area is 212 Å². The van der Waals surface area contributed by atoms with Crippen molar-refractivity contribution >= 4 is 11.6 Å². The summed E-state index contributed by atoms with van der Waals surface area (Å²) in [5.74, 6) is 6.10. The number of amides is 1. The molecule has 1 saturated carbocycles. The summed E-state index contributed by atoms with van der Waals surface area (Å²) in [5.41, 5.74) is 4.85. The van der Waals surface area contributed by atoms with Crippen LogP contribution in [0.1, 0.15) is 72.0 Å². The van der Waals surface area contributed by atoms with Gasteiger partial charge in [0, 0.05) is 42.5 Å². The van der Waals surface area contributed by atoms with Crippen molar-refractivity contribution in [2.45, 2.75) is 51.4 Å². The summed E-state index contributed by atoms with van der Waals surface area (Å²) in [4.78, 5) is 15.4. The lowest BCUT2D eigenvalue weighted by atomic mass is 9.73. The SMILES string of the molecule is O=C(NCCCc1cn[nH]c1)c1ccc(N2CCC3(CCCCC3)C2)c(C#Cc2ccc(F)cc2)c1. The Morgan fingerprint density at radius 2 is 1.92 bits per heavy atom. The number of H-pyrrole nitrogens is 1. The van der Waals surface area contributed by atoms with Crippen molar-refractivity contribution in [1.82, 2.24) is 15.5 Å². The van der Waals surface area contributed by atoms with Gasteiger partial charge in [-0.15, -0.1) is 0 Å². The molecule has 2 fully saturated rings. The summed E-state index contributed by atoms with van der Waals surface area (Å²) in [7, 11) is 0. The van der Waals surface area contributed by atoms with Gasteiger partial charge in [0.15, 0.2) is 0 Å². The van der Waals surface area contributed by atoms with Crippen LogP contribution in [0.4, 0.5) is 10.1 Å². The monoisotopic (exact) mass is 484 g/mol. The normalized spacial score (nSPS) is 16.5. The second-order valence-electron chi connectivity index (χ2n) is 10.2. The number of benzene rings is 2. The quantitative estimate of drug-likeness (QED) is 0.360. The van der Waals surface area contributed by atoms with E-state index in [0.29, 0.717) is 17.5 Å². The molecule has 1 aliphatic carbocycles. The van der Waals surface area contributed by atoms with E-state index in [1.807, 2.05) is 24.5 Å². The fourth-order valence-corrected chi connectivity index (χ4v) is 5.59. The molecule has 1 aliphatic heterocycles. The number of rotatable bonds is 6. The third-order valence-electron chi connectivity index (χ3n) is 7.62. The molecular formula is C30H33FN4O. The second kappa shape index (κ2) is 11.0. The Morgan fingerprint density at radius 3 is 2.69 bits per heavy atom. The van der Waals surface area contributed by atoms with Gasteiger partial charge in [0.05, 0.1) is 11.9 Å². The largest absolute Gasteiger partial charge is 0.370 e. The van der Waals surface area contributed by atoms with Gasteiger partial charge in [-0.3, -0.25) is 9.89 Å². The molecule has 186 valence electrons. The topological polar surface area (TPSA) is 61.0 Å². The minimum atomic E-state index is -0.275. The average Bonchev–Trinajstić information content (AvgIpc) is 3.57. The van der Waals surface area contributed by atoms with Crippen LogP contribution in [0.15, 0.2) is 54.9 Å². The van der Waals surface area contributed by atoms with Crippen molar-refractivity contribution in [1.29, 1.82) is 0 Å². The van der Waals surface area contributed by atoms with Crippen LogP contribution in [0.2, 0.25) is 0 Å². The average molecular weight is 485 g/mol. The van der Waals surface area contributed by atoms with Gasteiger partial charge in [0.2, 0.25) is 0 Å². The second-order valence-corrected chi connectivity index (χ2v) is 10.2. The first kappa shape index (κ1) is 24.1. The smallest absolute Gasteiger partial charge is 0.251 e. The fourth-order valence-electron chi connectivity index (χ4n) is 5.59.